The molecule has 5 amide bonds. The SMILES string of the molecule is C=C[C@@H]1CC[C@]1(NC(=O)[C@@H]1CCCN1C(=O)[C@H](C)NC(=O)N1CCCC1)C(=O)NS(=O)(=O)C1CC1. The molecule has 0 aromatic heterocycles. The number of amides is 5. The zero-order valence-electron chi connectivity index (χ0n) is 20.1. The Morgan fingerprint density at radius 1 is 1.03 bits per heavy atom. The van der Waals surface area contributed by atoms with Gasteiger partial charge in [0.1, 0.15) is 17.6 Å². The van der Waals surface area contributed by atoms with E-state index in [-0.39, 0.29) is 18.4 Å². The minimum Gasteiger partial charge on any atom is -0.339 e. The normalized spacial score (nSPS) is 29.2. The van der Waals surface area contributed by atoms with E-state index in [0.29, 0.717) is 51.7 Å². The van der Waals surface area contributed by atoms with Crippen LogP contribution in [0.15, 0.2) is 12.7 Å². The minimum absolute atomic E-state index is 0.282. The lowest BCUT2D eigenvalue weighted by Crippen LogP contribution is -2.70. The summed E-state index contributed by atoms with van der Waals surface area (Å²) in [7, 11) is -3.78. The van der Waals surface area contributed by atoms with E-state index in [9.17, 15) is 27.6 Å². The van der Waals surface area contributed by atoms with Crippen molar-refractivity contribution in [1.29, 1.82) is 0 Å². The second-order valence-corrected chi connectivity index (χ2v) is 12.0. The Morgan fingerprint density at radius 3 is 2.29 bits per heavy atom. The quantitative estimate of drug-likeness (QED) is 0.400. The van der Waals surface area contributed by atoms with Crippen molar-refractivity contribution < 1.29 is 27.6 Å². The lowest BCUT2D eigenvalue weighted by molar-refractivity contribution is -0.144. The highest BCUT2D eigenvalue weighted by atomic mass is 32.2. The number of urea groups is 1. The molecule has 2 saturated carbocycles. The molecule has 0 unspecified atom stereocenters. The van der Waals surface area contributed by atoms with Gasteiger partial charge in [0.25, 0.3) is 5.91 Å². The zero-order valence-corrected chi connectivity index (χ0v) is 20.9. The first kappa shape index (κ1) is 25.5. The predicted octanol–water partition coefficient (Wildman–Crippen LogP) is 0.231. The number of rotatable bonds is 8. The zero-order chi connectivity index (χ0) is 25.4. The van der Waals surface area contributed by atoms with Crippen LogP contribution in [0.5, 0.6) is 0 Å². The molecule has 0 bridgehead atoms. The van der Waals surface area contributed by atoms with Gasteiger partial charge < -0.3 is 20.4 Å². The van der Waals surface area contributed by atoms with Crippen LogP contribution in [0.4, 0.5) is 4.79 Å². The van der Waals surface area contributed by atoms with E-state index in [1.165, 1.54) is 4.90 Å². The molecule has 194 valence electrons. The van der Waals surface area contributed by atoms with Gasteiger partial charge in [-0.25, -0.2) is 13.2 Å². The summed E-state index contributed by atoms with van der Waals surface area (Å²) in [5.74, 6) is -2.03. The van der Waals surface area contributed by atoms with Crippen LogP contribution in [0, 0.1) is 5.92 Å². The van der Waals surface area contributed by atoms with Crippen LogP contribution in [-0.2, 0) is 24.4 Å². The van der Waals surface area contributed by atoms with Gasteiger partial charge in [0.15, 0.2) is 0 Å². The van der Waals surface area contributed by atoms with E-state index in [0.717, 1.165) is 12.8 Å². The minimum atomic E-state index is -3.78. The molecular weight excluding hydrogens is 474 g/mol. The van der Waals surface area contributed by atoms with Crippen molar-refractivity contribution in [2.45, 2.75) is 81.2 Å². The summed E-state index contributed by atoms with van der Waals surface area (Å²) >= 11 is 0. The number of carbonyl (C=O) groups is 4. The van der Waals surface area contributed by atoms with Crippen molar-refractivity contribution in [3.63, 3.8) is 0 Å². The van der Waals surface area contributed by atoms with Crippen LogP contribution in [0.3, 0.4) is 0 Å². The maximum Gasteiger partial charge on any atom is 0.318 e. The summed E-state index contributed by atoms with van der Waals surface area (Å²) in [6, 6.07) is -1.90. The maximum absolute atomic E-state index is 13.3. The van der Waals surface area contributed by atoms with Gasteiger partial charge in [-0.15, -0.1) is 6.58 Å². The van der Waals surface area contributed by atoms with Crippen LogP contribution in [-0.4, -0.2) is 84.5 Å². The van der Waals surface area contributed by atoms with Crippen molar-refractivity contribution in [3.05, 3.63) is 12.7 Å². The third-order valence-corrected chi connectivity index (χ3v) is 9.48. The molecule has 2 aliphatic carbocycles. The van der Waals surface area contributed by atoms with Crippen molar-refractivity contribution in [2.75, 3.05) is 19.6 Å². The Balaban J connectivity index is 1.42. The Morgan fingerprint density at radius 2 is 1.71 bits per heavy atom. The molecule has 4 atom stereocenters. The lowest BCUT2D eigenvalue weighted by Gasteiger charge is -2.47. The lowest BCUT2D eigenvalue weighted by atomic mass is 9.66. The van der Waals surface area contributed by atoms with Gasteiger partial charge in [0, 0.05) is 25.6 Å². The van der Waals surface area contributed by atoms with Gasteiger partial charge in [-0.1, -0.05) is 6.08 Å². The van der Waals surface area contributed by atoms with Crippen molar-refractivity contribution in [1.82, 2.24) is 25.2 Å². The fourth-order valence-electron chi connectivity index (χ4n) is 5.21. The highest BCUT2D eigenvalue weighted by molar-refractivity contribution is 7.90. The molecule has 0 radical (unpaired) electrons. The van der Waals surface area contributed by atoms with E-state index in [1.807, 2.05) is 0 Å². The number of likely N-dealkylation sites (tertiary alicyclic amines) is 2. The van der Waals surface area contributed by atoms with Gasteiger partial charge >= 0.3 is 6.03 Å². The predicted molar refractivity (Wildman–Crippen MR) is 127 cm³/mol. The van der Waals surface area contributed by atoms with E-state index in [2.05, 4.69) is 21.9 Å². The Labute approximate surface area is 206 Å². The molecule has 0 spiro atoms. The van der Waals surface area contributed by atoms with Gasteiger partial charge in [-0.2, -0.15) is 0 Å². The van der Waals surface area contributed by atoms with Crippen molar-refractivity contribution in [2.24, 2.45) is 5.92 Å². The first-order valence-electron chi connectivity index (χ1n) is 12.5. The highest BCUT2D eigenvalue weighted by Crippen LogP contribution is 2.41. The van der Waals surface area contributed by atoms with E-state index >= 15 is 0 Å². The molecule has 35 heavy (non-hydrogen) atoms. The van der Waals surface area contributed by atoms with Crippen LogP contribution in [0.25, 0.3) is 0 Å². The summed E-state index contributed by atoms with van der Waals surface area (Å²) in [5, 5.41) is 4.95. The molecule has 4 fully saturated rings. The smallest absolute Gasteiger partial charge is 0.318 e. The van der Waals surface area contributed by atoms with Crippen LogP contribution in [0.1, 0.15) is 58.3 Å². The molecule has 4 rings (SSSR count). The fourth-order valence-corrected chi connectivity index (χ4v) is 6.57. The standard InChI is InChI=1S/C23H35N5O6S/c1-3-16-10-11-23(16,21(31)26-35(33,34)17-8-9-17)25-19(29)18-7-6-14-28(18)20(30)15(2)24-22(32)27-12-4-5-13-27/h3,15-18H,1,4-14H2,2H3,(H,24,32)(H,25,29)(H,26,31)/t15-,16+,18-,23+/m0/s1. The number of sulfonamides is 1. The number of hydrogen-bond donors (Lipinski definition) is 3. The van der Waals surface area contributed by atoms with Crippen LogP contribution >= 0.6 is 0 Å². The summed E-state index contributed by atoms with van der Waals surface area (Å²) in [5.41, 5.74) is -1.41. The molecule has 0 aromatic rings. The monoisotopic (exact) mass is 509 g/mol. The highest BCUT2D eigenvalue weighted by Gasteiger charge is 2.55. The molecular formula is C23H35N5O6S. The van der Waals surface area contributed by atoms with E-state index in [4.69, 9.17) is 0 Å². The van der Waals surface area contributed by atoms with E-state index in [1.54, 1.807) is 17.9 Å². The summed E-state index contributed by atoms with van der Waals surface area (Å²) < 4.78 is 26.9. The summed E-state index contributed by atoms with van der Waals surface area (Å²) in [6.07, 6.45) is 6.35. The molecule has 2 saturated heterocycles. The van der Waals surface area contributed by atoms with Crippen molar-refractivity contribution in [3.8, 4) is 0 Å². The topological polar surface area (TPSA) is 145 Å². The van der Waals surface area contributed by atoms with Crippen molar-refractivity contribution >= 4 is 33.8 Å². The van der Waals surface area contributed by atoms with Gasteiger partial charge in [0.2, 0.25) is 21.8 Å². The van der Waals surface area contributed by atoms with Crippen LogP contribution < -0.4 is 15.4 Å². The average molecular weight is 510 g/mol. The van der Waals surface area contributed by atoms with Gasteiger partial charge in [-0.3, -0.25) is 19.1 Å². The Hall–Kier alpha value is -2.63. The fraction of sp³-hybridized carbons (Fsp3) is 0.739. The second kappa shape index (κ2) is 9.79. The van der Waals surface area contributed by atoms with E-state index < -0.39 is 50.6 Å². The summed E-state index contributed by atoms with van der Waals surface area (Å²) in [4.78, 5) is 55.1. The molecule has 12 heteroatoms. The molecule has 4 aliphatic rings. The largest absolute Gasteiger partial charge is 0.339 e. The Kier molecular flexibility index (Phi) is 7.12. The number of carbonyl (C=O) groups excluding carboxylic acids is 4. The molecule has 3 N–H and O–H groups in total. The summed E-state index contributed by atoms with van der Waals surface area (Å²) in [6.45, 7) is 7.03. The number of nitrogens with one attached hydrogen (secondary N) is 3. The second-order valence-electron chi connectivity index (χ2n) is 10.1. The first-order valence-corrected chi connectivity index (χ1v) is 14.0. The molecule has 2 heterocycles. The van der Waals surface area contributed by atoms with Crippen LogP contribution in [0.2, 0.25) is 0 Å². The average Bonchev–Trinajstić information content (AvgIpc) is 3.31. The third-order valence-electron chi connectivity index (χ3n) is 7.66. The number of nitrogens with zero attached hydrogens (tertiary/aromatic N) is 2. The Bertz CT molecular complexity index is 1010. The third kappa shape index (κ3) is 5.03. The molecule has 2 aliphatic heterocycles. The number of hydrogen-bond acceptors (Lipinski definition) is 6. The molecule has 11 nitrogen and oxygen atoms in total. The van der Waals surface area contributed by atoms with Gasteiger partial charge in [0.05, 0.1) is 5.25 Å². The molecule has 0 aromatic carbocycles. The maximum atomic E-state index is 13.3. The first-order chi connectivity index (χ1) is 16.6. The van der Waals surface area contributed by atoms with Gasteiger partial charge in [-0.05, 0) is 58.3 Å².